The Morgan fingerprint density at radius 3 is 2.41 bits per heavy atom. The van der Waals surface area contributed by atoms with Gasteiger partial charge >= 0.3 is 0 Å². The lowest BCUT2D eigenvalue weighted by Crippen LogP contribution is -2.08. The molecule has 2 aromatic rings. The van der Waals surface area contributed by atoms with Crippen LogP contribution >= 0.6 is 22.6 Å². The van der Waals surface area contributed by atoms with Crippen molar-refractivity contribution in [1.29, 1.82) is 0 Å². The van der Waals surface area contributed by atoms with Gasteiger partial charge in [-0.3, -0.25) is 0 Å². The van der Waals surface area contributed by atoms with Gasteiger partial charge in [0.05, 0.1) is 11.0 Å². The van der Waals surface area contributed by atoms with Gasteiger partial charge in [-0.25, -0.2) is 0 Å². The summed E-state index contributed by atoms with van der Waals surface area (Å²) >= 11 is 2.22. The van der Waals surface area contributed by atoms with Crippen molar-refractivity contribution in [2.24, 2.45) is 5.84 Å². The minimum Gasteiger partial charge on any atom is -0.457 e. The van der Waals surface area contributed by atoms with E-state index in [4.69, 9.17) is 10.6 Å². The molecule has 86 valence electrons. The zero-order chi connectivity index (χ0) is 12.3. The SMILES string of the molecule is N[N+](=O)c1cccc(Oc2ccc(I)cc2)c1. The number of hydrazine groups is 1. The highest BCUT2D eigenvalue weighted by atomic mass is 127. The van der Waals surface area contributed by atoms with Gasteiger partial charge in [-0.05, 0) is 52.9 Å². The summed E-state index contributed by atoms with van der Waals surface area (Å²) in [5, 5.41) is 0. The van der Waals surface area contributed by atoms with Crippen LogP contribution in [0.4, 0.5) is 5.69 Å². The third-order valence-electron chi connectivity index (χ3n) is 2.12. The van der Waals surface area contributed by atoms with Crippen LogP contribution in [0, 0.1) is 8.48 Å². The van der Waals surface area contributed by atoms with Crippen molar-refractivity contribution in [3.05, 3.63) is 57.0 Å². The summed E-state index contributed by atoms with van der Waals surface area (Å²) in [5.74, 6) is 6.42. The van der Waals surface area contributed by atoms with Crippen LogP contribution in [-0.4, -0.2) is 4.87 Å². The highest BCUT2D eigenvalue weighted by Gasteiger charge is 2.09. The first-order valence-electron chi connectivity index (χ1n) is 4.90. The van der Waals surface area contributed by atoms with Crippen molar-refractivity contribution in [2.45, 2.75) is 0 Å². The average Bonchev–Trinajstić information content (AvgIpc) is 2.32. The maximum atomic E-state index is 10.9. The van der Waals surface area contributed by atoms with Gasteiger partial charge in [-0.1, -0.05) is 6.07 Å². The molecular formula is C12H10IN2O2+. The summed E-state index contributed by atoms with van der Waals surface area (Å²) in [6.07, 6.45) is 0. The molecule has 0 bridgehead atoms. The lowest BCUT2D eigenvalue weighted by molar-refractivity contribution is -0.474. The Morgan fingerprint density at radius 1 is 1.06 bits per heavy atom. The molecule has 5 heteroatoms. The van der Waals surface area contributed by atoms with Crippen LogP contribution in [0.1, 0.15) is 0 Å². The van der Waals surface area contributed by atoms with Gasteiger partial charge in [0.15, 0.2) is 4.87 Å². The quantitative estimate of drug-likeness (QED) is 0.403. The van der Waals surface area contributed by atoms with Gasteiger partial charge in [-0.15, -0.1) is 0 Å². The smallest absolute Gasteiger partial charge is 0.295 e. The molecule has 0 aromatic heterocycles. The average molecular weight is 341 g/mol. The van der Waals surface area contributed by atoms with Crippen molar-refractivity contribution in [1.82, 2.24) is 0 Å². The molecule has 0 amide bonds. The highest BCUT2D eigenvalue weighted by molar-refractivity contribution is 14.1. The molecule has 2 rings (SSSR count). The van der Waals surface area contributed by atoms with Crippen molar-refractivity contribution in [2.75, 3.05) is 0 Å². The molecule has 0 saturated carbocycles. The van der Waals surface area contributed by atoms with Gasteiger partial charge in [0.1, 0.15) is 11.5 Å². The number of halogens is 1. The van der Waals surface area contributed by atoms with Crippen LogP contribution in [0.15, 0.2) is 48.5 Å². The van der Waals surface area contributed by atoms with E-state index in [2.05, 4.69) is 22.6 Å². The fraction of sp³-hybridized carbons (Fsp3) is 0. The maximum absolute atomic E-state index is 10.9. The summed E-state index contributed by atoms with van der Waals surface area (Å²) in [4.78, 5) is 11.2. The van der Waals surface area contributed by atoms with E-state index in [1.807, 2.05) is 24.3 Å². The zero-order valence-corrected chi connectivity index (χ0v) is 11.0. The summed E-state index contributed by atoms with van der Waals surface area (Å²) < 4.78 is 6.74. The second-order valence-corrected chi connectivity index (χ2v) is 4.62. The third kappa shape index (κ3) is 3.16. The zero-order valence-electron chi connectivity index (χ0n) is 8.84. The standard InChI is InChI=1S/C12H10IN2O2/c13-9-4-6-11(7-5-9)17-12-3-1-2-10(8-12)15(14)16/h1-8H,(H2,14,16)/q+1. The minimum absolute atomic E-state index is 0.306. The molecule has 0 heterocycles. The number of nitrogens with two attached hydrogens (primary N) is 1. The summed E-state index contributed by atoms with van der Waals surface area (Å²) in [6.45, 7) is 0. The third-order valence-corrected chi connectivity index (χ3v) is 2.84. The van der Waals surface area contributed by atoms with E-state index in [9.17, 15) is 4.91 Å². The van der Waals surface area contributed by atoms with Crippen molar-refractivity contribution >= 4 is 28.3 Å². The molecule has 0 spiro atoms. The Balaban J connectivity index is 2.21. The fourth-order valence-electron chi connectivity index (χ4n) is 1.32. The molecule has 17 heavy (non-hydrogen) atoms. The normalized spacial score (nSPS) is 9.94. The van der Waals surface area contributed by atoms with Gasteiger partial charge < -0.3 is 4.74 Å². The summed E-state index contributed by atoms with van der Waals surface area (Å²) in [5.41, 5.74) is 0.355. The summed E-state index contributed by atoms with van der Waals surface area (Å²) in [7, 11) is 0. The molecule has 0 radical (unpaired) electrons. The number of hydrogen-bond acceptors (Lipinski definition) is 2. The van der Waals surface area contributed by atoms with Crippen molar-refractivity contribution < 1.29 is 9.61 Å². The van der Waals surface area contributed by atoms with Crippen LogP contribution in [0.2, 0.25) is 0 Å². The predicted octanol–water partition coefficient (Wildman–Crippen LogP) is 3.37. The molecule has 2 aromatic carbocycles. The number of hydrogen-bond donors (Lipinski definition) is 1. The Morgan fingerprint density at radius 2 is 1.76 bits per heavy atom. The van der Waals surface area contributed by atoms with Crippen LogP contribution in [0.5, 0.6) is 11.5 Å². The molecule has 4 nitrogen and oxygen atoms in total. The predicted molar refractivity (Wildman–Crippen MR) is 73.1 cm³/mol. The first-order chi connectivity index (χ1) is 8.15. The van der Waals surface area contributed by atoms with Crippen LogP contribution in [-0.2, 0) is 0 Å². The van der Waals surface area contributed by atoms with Crippen molar-refractivity contribution in [3.8, 4) is 11.5 Å². The van der Waals surface area contributed by atoms with Gasteiger partial charge in [0.25, 0.3) is 5.69 Å². The molecule has 0 aliphatic rings. The molecule has 0 atom stereocenters. The lowest BCUT2D eigenvalue weighted by atomic mass is 10.3. The first-order valence-corrected chi connectivity index (χ1v) is 5.98. The second-order valence-electron chi connectivity index (χ2n) is 3.38. The largest absolute Gasteiger partial charge is 0.457 e. The van der Waals surface area contributed by atoms with Crippen LogP contribution in [0.3, 0.4) is 0 Å². The summed E-state index contributed by atoms with van der Waals surface area (Å²) in [6, 6.07) is 14.3. The Hall–Kier alpha value is -1.63. The molecule has 0 unspecified atom stereocenters. The molecule has 0 aliphatic heterocycles. The highest BCUT2D eigenvalue weighted by Crippen LogP contribution is 2.24. The Labute approximate surface area is 112 Å². The molecule has 0 saturated heterocycles. The maximum Gasteiger partial charge on any atom is 0.295 e. The van der Waals surface area contributed by atoms with E-state index in [0.717, 1.165) is 9.32 Å². The number of nitroso groups, excluding NO2 is 1. The lowest BCUT2D eigenvalue weighted by Gasteiger charge is -2.04. The van der Waals surface area contributed by atoms with Crippen LogP contribution in [0.25, 0.3) is 0 Å². The van der Waals surface area contributed by atoms with Crippen LogP contribution < -0.4 is 10.6 Å². The van der Waals surface area contributed by atoms with E-state index in [1.165, 1.54) is 0 Å². The van der Waals surface area contributed by atoms with E-state index >= 15 is 0 Å². The minimum atomic E-state index is 0.306. The number of ether oxygens (including phenoxy) is 1. The molecule has 2 N–H and O–H groups in total. The first kappa shape index (κ1) is 11.8. The molecule has 0 aliphatic carbocycles. The van der Waals surface area contributed by atoms with E-state index in [0.29, 0.717) is 16.3 Å². The van der Waals surface area contributed by atoms with Gasteiger partial charge in [0, 0.05) is 9.64 Å². The van der Waals surface area contributed by atoms with E-state index in [-0.39, 0.29) is 0 Å². The number of benzene rings is 2. The van der Waals surface area contributed by atoms with E-state index < -0.39 is 0 Å². The topological polar surface area (TPSA) is 55.3 Å². The molecular weight excluding hydrogens is 331 g/mol. The second kappa shape index (κ2) is 5.13. The Bertz CT molecular complexity index is 540. The van der Waals surface area contributed by atoms with Gasteiger partial charge in [0.2, 0.25) is 0 Å². The fourth-order valence-corrected chi connectivity index (χ4v) is 1.68. The number of nitrogens with zero attached hydrogens (tertiary/aromatic N) is 1. The van der Waals surface area contributed by atoms with Gasteiger partial charge in [-0.2, -0.15) is 5.84 Å². The van der Waals surface area contributed by atoms with E-state index in [1.54, 1.807) is 24.3 Å². The number of rotatable bonds is 3. The Kier molecular flexibility index (Phi) is 3.58. The van der Waals surface area contributed by atoms with Crippen molar-refractivity contribution in [3.63, 3.8) is 0 Å². The molecule has 0 fully saturated rings. The monoisotopic (exact) mass is 341 g/mol.